The number of aromatic nitrogens is 6. The lowest BCUT2D eigenvalue weighted by Crippen LogP contribution is -2.62. The van der Waals surface area contributed by atoms with Crippen LogP contribution in [0.25, 0.3) is 23.5 Å². The molecule has 0 aliphatic heterocycles. The number of hydrogen-bond acceptors (Lipinski definition) is 15. The zero-order valence-electron chi connectivity index (χ0n) is 35.3. The van der Waals surface area contributed by atoms with Crippen LogP contribution in [0.15, 0.2) is 72.1 Å². The molecule has 3 aliphatic rings. The number of nitrogens with two attached hydrogens (primary N) is 4. The standard InChI is InChI=1S/C45H62N10O7/c1-26-18-29(20-27-8-12-33(13-9-27)54-24-31(50-52-54)6-2-4-16-61-44-37(48)22-35(46)40(57)42(44)59)39(56)30(19-26)21-28-10-14-34(15-11-28)55-25-32(51-53-55)7-3-5-17-62-45-38(49)23-36(47)41(58)43(45)60/h8-15,20-21,24-26,35-38,40-45,57-60H,2-7,16-19,22-23,46-49H2,1H3/b29-20+,30-21+/t35-,36-,37+,38+,40+,41+,42-,43-,44-,45-/m1/s1. The Balaban J connectivity index is 0.869. The third-order valence-electron chi connectivity index (χ3n) is 12.3. The molecule has 2 aromatic heterocycles. The second-order valence-electron chi connectivity index (χ2n) is 17.3. The summed E-state index contributed by atoms with van der Waals surface area (Å²) in [4.78, 5) is 13.7. The Morgan fingerprint density at radius 2 is 1.02 bits per heavy atom. The van der Waals surface area contributed by atoms with Crippen molar-refractivity contribution in [3.63, 3.8) is 0 Å². The van der Waals surface area contributed by atoms with Gasteiger partial charge in [0, 0.05) is 48.5 Å². The summed E-state index contributed by atoms with van der Waals surface area (Å²) in [7, 11) is 0. The molecule has 0 radical (unpaired) electrons. The molecule has 3 aliphatic carbocycles. The predicted molar refractivity (Wildman–Crippen MR) is 233 cm³/mol. The van der Waals surface area contributed by atoms with Crippen molar-refractivity contribution in [3.05, 3.63) is 94.6 Å². The van der Waals surface area contributed by atoms with E-state index in [0.717, 1.165) is 70.7 Å². The van der Waals surface area contributed by atoms with Crippen LogP contribution in [-0.4, -0.2) is 130 Å². The molecule has 17 heteroatoms. The van der Waals surface area contributed by atoms with E-state index in [1.54, 1.807) is 9.36 Å². The number of aliphatic hydroxyl groups is 4. The molecular formula is C45H62N10O7. The fraction of sp³-hybridized carbons (Fsp3) is 0.533. The normalized spacial score (nSPS) is 30.7. The Morgan fingerprint density at radius 3 is 1.42 bits per heavy atom. The molecule has 12 N–H and O–H groups in total. The quantitative estimate of drug-likeness (QED) is 0.0583. The monoisotopic (exact) mass is 854 g/mol. The highest BCUT2D eigenvalue weighted by molar-refractivity contribution is 6.14. The number of rotatable bonds is 16. The summed E-state index contributed by atoms with van der Waals surface area (Å²) in [5, 5.41) is 58.0. The van der Waals surface area contributed by atoms with E-state index in [2.05, 4.69) is 27.5 Å². The molecule has 2 heterocycles. The van der Waals surface area contributed by atoms with Gasteiger partial charge in [-0.25, -0.2) is 9.36 Å². The van der Waals surface area contributed by atoms with Gasteiger partial charge in [0.1, 0.15) is 24.4 Å². The topological polar surface area (TPSA) is 282 Å². The highest BCUT2D eigenvalue weighted by Gasteiger charge is 2.42. The zero-order chi connectivity index (χ0) is 43.9. The summed E-state index contributed by atoms with van der Waals surface area (Å²) in [6.07, 6.45) is 8.88. The molecule has 0 bridgehead atoms. The lowest BCUT2D eigenvalue weighted by molar-refractivity contribution is -0.127. The maximum Gasteiger partial charge on any atom is 0.185 e. The Hall–Kier alpha value is -4.53. The average Bonchev–Trinajstić information content (AvgIpc) is 3.94. The van der Waals surface area contributed by atoms with Crippen molar-refractivity contribution in [2.24, 2.45) is 28.9 Å². The van der Waals surface area contributed by atoms with E-state index in [0.29, 0.717) is 57.7 Å². The Kier molecular flexibility index (Phi) is 15.2. The summed E-state index contributed by atoms with van der Waals surface area (Å²) in [6.45, 7) is 2.97. The minimum Gasteiger partial charge on any atom is -0.389 e. The number of ketones is 1. The van der Waals surface area contributed by atoms with E-state index in [1.165, 1.54) is 0 Å². The number of Topliss-reactive ketones (excluding diaryl/α,β-unsaturated/α-hetero) is 1. The largest absolute Gasteiger partial charge is 0.389 e. The number of carbonyl (C=O) groups excluding carboxylic acids is 1. The molecule has 2 aromatic carbocycles. The first-order valence-electron chi connectivity index (χ1n) is 21.8. The number of aryl methyl sites for hydroxylation is 2. The van der Waals surface area contributed by atoms with Crippen LogP contribution in [-0.2, 0) is 27.1 Å². The fourth-order valence-corrected chi connectivity index (χ4v) is 8.67. The molecule has 0 spiro atoms. The molecule has 334 valence electrons. The molecule has 0 amide bonds. The fourth-order valence-electron chi connectivity index (χ4n) is 8.67. The van der Waals surface area contributed by atoms with E-state index in [9.17, 15) is 25.2 Å². The summed E-state index contributed by atoms with van der Waals surface area (Å²) < 4.78 is 15.1. The lowest BCUT2D eigenvalue weighted by atomic mass is 9.81. The molecule has 0 unspecified atom stereocenters. The van der Waals surface area contributed by atoms with Gasteiger partial charge in [0.15, 0.2) is 5.78 Å². The van der Waals surface area contributed by atoms with Crippen molar-refractivity contribution in [1.29, 1.82) is 0 Å². The van der Waals surface area contributed by atoms with E-state index >= 15 is 0 Å². The minimum absolute atomic E-state index is 0.0630. The van der Waals surface area contributed by atoms with Crippen LogP contribution < -0.4 is 22.9 Å². The molecule has 17 nitrogen and oxygen atoms in total. The Labute approximate surface area is 361 Å². The van der Waals surface area contributed by atoms with Crippen LogP contribution in [0.2, 0.25) is 0 Å². The van der Waals surface area contributed by atoms with Crippen LogP contribution in [0.4, 0.5) is 0 Å². The number of benzene rings is 2. The van der Waals surface area contributed by atoms with Crippen molar-refractivity contribution in [2.45, 2.75) is 132 Å². The first-order chi connectivity index (χ1) is 29.8. The molecule has 3 saturated carbocycles. The van der Waals surface area contributed by atoms with E-state index < -0.39 is 60.8 Å². The Bertz CT molecular complexity index is 1990. The minimum atomic E-state index is -1.10. The van der Waals surface area contributed by atoms with Gasteiger partial charge in [-0.05, 0) is 118 Å². The van der Waals surface area contributed by atoms with Crippen LogP contribution in [0.1, 0.15) is 80.8 Å². The SMILES string of the molecule is CC1C/C(=C\c2ccc(-n3cc(CCCCO[C@H]4[C@H](O)[C@@H](O)[C@H](N)C[C@@H]4N)nn3)cc2)C(=O)/C(=C/c2ccc(-n3cc(CCCCO[C@H]4[C@H](O)[C@@H](O)[C@H](N)C[C@@H]4N)nn3)cc2)C1. The maximum absolute atomic E-state index is 13.7. The number of hydrogen-bond donors (Lipinski definition) is 8. The van der Waals surface area contributed by atoms with Gasteiger partial charge in [-0.15, -0.1) is 10.2 Å². The highest BCUT2D eigenvalue weighted by atomic mass is 16.5. The average molecular weight is 855 g/mol. The van der Waals surface area contributed by atoms with Crippen LogP contribution >= 0.6 is 0 Å². The third-order valence-corrected chi connectivity index (χ3v) is 12.3. The smallest absolute Gasteiger partial charge is 0.185 e. The number of unbranched alkanes of at least 4 members (excludes halogenated alkanes) is 2. The molecule has 0 saturated heterocycles. The Morgan fingerprint density at radius 1 is 0.613 bits per heavy atom. The van der Waals surface area contributed by atoms with E-state index in [1.807, 2.05) is 73.1 Å². The summed E-state index contributed by atoms with van der Waals surface area (Å²) in [6, 6.07) is 13.8. The molecule has 7 rings (SSSR count). The first kappa shape index (κ1) is 45.5. The first-order valence-corrected chi connectivity index (χ1v) is 21.8. The summed E-state index contributed by atoms with van der Waals surface area (Å²) >= 11 is 0. The molecule has 62 heavy (non-hydrogen) atoms. The molecule has 10 atom stereocenters. The number of allylic oxidation sites excluding steroid dienone is 2. The van der Waals surface area contributed by atoms with Gasteiger partial charge in [0.05, 0.1) is 47.4 Å². The van der Waals surface area contributed by atoms with Gasteiger partial charge >= 0.3 is 0 Å². The third kappa shape index (κ3) is 11.2. The van der Waals surface area contributed by atoms with E-state index in [-0.39, 0.29) is 5.78 Å². The van der Waals surface area contributed by atoms with Gasteiger partial charge in [-0.1, -0.05) is 41.6 Å². The number of carbonyl (C=O) groups is 1. The number of ether oxygens (including phenoxy) is 2. The van der Waals surface area contributed by atoms with Gasteiger partial charge in [-0.3, -0.25) is 4.79 Å². The summed E-state index contributed by atoms with van der Waals surface area (Å²) in [5.74, 6) is 0.378. The van der Waals surface area contributed by atoms with Crippen LogP contribution in [0, 0.1) is 5.92 Å². The second kappa shape index (κ2) is 20.8. The van der Waals surface area contributed by atoms with Crippen LogP contribution in [0.5, 0.6) is 0 Å². The van der Waals surface area contributed by atoms with Crippen LogP contribution in [0.3, 0.4) is 0 Å². The van der Waals surface area contributed by atoms with Crippen molar-refractivity contribution in [2.75, 3.05) is 13.2 Å². The zero-order valence-corrected chi connectivity index (χ0v) is 35.3. The van der Waals surface area contributed by atoms with Crippen molar-refractivity contribution < 1.29 is 34.7 Å². The maximum atomic E-state index is 13.7. The van der Waals surface area contributed by atoms with Gasteiger partial charge in [0.2, 0.25) is 0 Å². The number of aliphatic hydroxyl groups excluding tert-OH is 4. The van der Waals surface area contributed by atoms with Crippen molar-refractivity contribution >= 4 is 17.9 Å². The van der Waals surface area contributed by atoms with Gasteiger partial charge < -0.3 is 52.8 Å². The lowest BCUT2D eigenvalue weighted by Gasteiger charge is -2.39. The number of nitrogens with zero attached hydrogens (tertiary/aromatic N) is 6. The second-order valence-corrected chi connectivity index (χ2v) is 17.3. The van der Waals surface area contributed by atoms with Gasteiger partial charge in [0.25, 0.3) is 0 Å². The highest BCUT2D eigenvalue weighted by Crippen LogP contribution is 2.32. The van der Waals surface area contributed by atoms with Crippen molar-refractivity contribution in [3.8, 4) is 11.4 Å². The molecular weight excluding hydrogens is 793 g/mol. The van der Waals surface area contributed by atoms with E-state index in [4.69, 9.17) is 32.4 Å². The molecule has 4 aromatic rings. The molecule has 3 fully saturated rings. The van der Waals surface area contributed by atoms with Gasteiger partial charge in [-0.2, -0.15) is 0 Å². The van der Waals surface area contributed by atoms with Crippen molar-refractivity contribution in [1.82, 2.24) is 30.0 Å². The predicted octanol–water partition coefficient (Wildman–Crippen LogP) is 1.29. The summed E-state index contributed by atoms with van der Waals surface area (Å²) in [5.41, 5.74) is 30.7.